The maximum Gasteiger partial charge on any atom is 0.407 e. The van der Waals surface area contributed by atoms with Crippen LogP contribution in [0, 0.1) is 5.92 Å². The molecule has 3 N–H and O–H groups in total. The Morgan fingerprint density at radius 1 is 1.26 bits per heavy atom. The lowest BCUT2D eigenvalue weighted by molar-refractivity contribution is 0.0413. The second kappa shape index (κ2) is 10.6. The minimum atomic E-state index is -0.711. The van der Waals surface area contributed by atoms with Crippen LogP contribution in [0.5, 0.6) is 0 Å². The Labute approximate surface area is 162 Å². The molecule has 0 aromatic heterocycles. The van der Waals surface area contributed by atoms with Gasteiger partial charge in [-0.2, -0.15) is 0 Å². The van der Waals surface area contributed by atoms with Gasteiger partial charge in [0.05, 0.1) is 12.1 Å². The lowest BCUT2D eigenvalue weighted by Gasteiger charge is -2.28. The zero-order chi connectivity index (χ0) is 19.7. The molecule has 1 aliphatic heterocycles. The van der Waals surface area contributed by atoms with Gasteiger partial charge < -0.3 is 25.2 Å². The van der Waals surface area contributed by atoms with Crippen LogP contribution >= 0.6 is 0 Å². The predicted molar refractivity (Wildman–Crippen MR) is 106 cm³/mol. The maximum absolute atomic E-state index is 12.2. The Bertz CT molecular complexity index is 553. The normalized spacial score (nSPS) is 17.9. The highest BCUT2D eigenvalue weighted by Gasteiger charge is 2.25. The summed E-state index contributed by atoms with van der Waals surface area (Å²) in [6, 6.07) is 9.42. The summed E-state index contributed by atoms with van der Waals surface area (Å²) in [5.41, 5.74) is 0.482. The topological polar surface area (TPSA) is 79.8 Å². The Hall–Kier alpha value is -1.63. The van der Waals surface area contributed by atoms with Crippen molar-refractivity contribution in [2.75, 3.05) is 26.3 Å². The standard InChI is InChI=1S/C21H34N2O4/c1-21(2,3)27-20(25)23-18(13-16-7-5-4-6-8-16)19(24)15-22-14-17-9-11-26-12-10-17/h4-8,17-19,22,24H,9-15H2,1-3H3,(H,23,25)/t18-,19+/m0/s1. The third kappa shape index (κ3) is 8.73. The number of carbonyl (C=O) groups is 1. The summed E-state index contributed by atoms with van der Waals surface area (Å²) in [4.78, 5) is 12.2. The molecule has 0 radical (unpaired) electrons. The zero-order valence-corrected chi connectivity index (χ0v) is 16.7. The average Bonchev–Trinajstić information content (AvgIpc) is 2.61. The highest BCUT2D eigenvalue weighted by Crippen LogP contribution is 2.14. The molecule has 6 heteroatoms. The summed E-state index contributed by atoms with van der Waals surface area (Å²) >= 11 is 0. The molecule has 1 aliphatic rings. The number of aliphatic hydroxyl groups is 1. The van der Waals surface area contributed by atoms with E-state index in [0.717, 1.165) is 38.2 Å². The van der Waals surface area contributed by atoms with E-state index in [2.05, 4.69) is 10.6 Å². The maximum atomic E-state index is 12.2. The third-order valence-corrected chi connectivity index (χ3v) is 4.59. The van der Waals surface area contributed by atoms with Crippen molar-refractivity contribution in [1.82, 2.24) is 10.6 Å². The lowest BCUT2D eigenvalue weighted by atomic mass is 9.99. The second-order valence-electron chi connectivity index (χ2n) is 8.22. The van der Waals surface area contributed by atoms with Gasteiger partial charge in [0.25, 0.3) is 0 Å². The van der Waals surface area contributed by atoms with Crippen molar-refractivity contribution >= 4 is 6.09 Å². The molecule has 0 aliphatic carbocycles. The Balaban J connectivity index is 1.89. The Morgan fingerprint density at radius 2 is 1.93 bits per heavy atom. The first kappa shape index (κ1) is 21.7. The first-order chi connectivity index (χ1) is 12.8. The van der Waals surface area contributed by atoms with Gasteiger partial charge in [-0.25, -0.2) is 4.79 Å². The van der Waals surface area contributed by atoms with Crippen molar-refractivity contribution < 1.29 is 19.4 Å². The monoisotopic (exact) mass is 378 g/mol. The third-order valence-electron chi connectivity index (χ3n) is 4.59. The van der Waals surface area contributed by atoms with E-state index < -0.39 is 23.8 Å². The fourth-order valence-electron chi connectivity index (χ4n) is 3.14. The quantitative estimate of drug-likeness (QED) is 0.648. The van der Waals surface area contributed by atoms with Crippen LogP contribution in [0.4, 0.5) is 4.79 Å². The highest BCUT2D eigenvalue weighted by molar-refractivity contribution is 5.68. The second-order valence-corrected chi connectivity index (χ2v) is 8.22. The summed E-state index contributed by atoms with van der Waals surface area (Å²) in [5.74, 6) is 0.581. The van der Waals surface area contributed by atoms with E-state index >= 15 is 0 Å². The number of hydrogen-bond donors (Lipinski definition) is 3. The van der Waals surface area contributed by atoms with Crippen molar-refractivity contribution in [2.45, 2.75) is 57.8 Å². The summed E-state index contributed by atoms with van der Waals surface area (Å²) in [7, 11) is 0. The summed E-state index contributed by atoms with van der Waals surface area (Å²) in [6.45, 7) is 8.37. The van der Waals surface area contributed by atoms with E-state index in [1.807, 2.05) is 51.1 Å². The molecule has 1 aromatic carbocycles. The zero-order valence-electron chi connectivity index (χ0n) is 16.7. The molecule has 152 valence electrons. The van der Waals surface area contributed by atoms with Crippen molar-refractivity contribution in [3.8, 4) is 0 Å². The smallest absolute Gasteiger partial charge is 0.407 e. The fourth-order valence-corrected chi connectivity index (χ4v) is 3.14. The Morgan fingerprint density at radius 3 is 2.56 bits per heavy atom. The fraction of sp³-hybridized carbons (Fsp3) is 0.667. The van der Waals surface area contributed by atoms with Crippen LogP contribution in [0.2, 0.25) is 0 Å². The largest absolute Gasteiger partial charge is 0.444 e. The van der Waals surface area contributed by atoms with Crippen LogP contribution in [0.15, 0.2) is 30.3 Å². The molecular weight excluding hydrogens is 344 g/mol. The number of benzene rings is 1. The summed E-state index contributed by atoms with van der Waals surface area (Å²) in [5, 5.41) is 16.9. The molecule has 1 heterocycles. The molecule has 1 saturated heterocycles. The molecule has 0 spiro atoms. The highest BCUT2D eigenvalue weighted by atomic mass is 16.6. The number of alkyl carbamates (subject to hydrolysis) is 1. The van der Waals surface area contributed by atoms with E-state index in [9.17, 15) is 9.90 Å². The first-order valence-electron chi connectivity index (χ1n) is 9.83. The molecule has 1 fully saturated rings. The number of rotatable bonds is 8. The molecule has 1 amide bonds. The predicted octanol–water partition coefficient (Wildman–Crippen LogP) is 2.50. The van der Waals surface area contributed by atoms with Gasteiger partial charge >= 0.3 is 6.09 Å². The molecule has 0 bridgehead atoms. The number of ether oxygens (including phenoxy) is 2. The minimum Gasteiger partial charge on any atom is -0.444 e. The van der Waals surface area contributed by atoms with Crippen LogP contribution in [-0.2, 0) is 15.9 Å². The van der Waals surface area contributed by atoms with Crippen LogP contribution in [0.3, 0.4) is 0 Å². The van der Waals surface area contributed by atoms with E-state index in [0.29, 0.717) is 18.9 Å². The van der Waals surface area contributed by atoms with Crippen molar-refractivity contribution in [1.29, 1.82) is 0 Å². The van der Waals surface area contributed by atoms with E-state index in [4.69, 9.17) is 9.47 Å². The Kier molecular flexibility index (Phi) is 8.54. The summed E-state index contributed by atoms with van der Waals surface area (Å²) in [6.07, 6.45) is 1.42. The van der Waals surface area contributed by atoms with Crippen molar-refractivity contribution in [3.05, 3.63) is 35.9 Å². The number of amides is 1. The number of carbonyl (C=O) groups excluding carboxylic acids is 1. The van der Waals surface area contributed by atoms with Crippen LogP contribution < -0.4 is 10.6 Å². The van der Waals surface area contributed by atoms with Crippen molar-refractivity contribution in [3.63, 3.8) is 0 Å². The van der Waals surface area contributed by atoms with Crippen LogP contribution in [0.25, 0.3) is 0 Å². The van der Waals surface area contributed by atoms with Crippen LogP contribution in [0.1, 0.15) is 39.2 Å². The van der Waals surface area contributed by atoms with Gasteiger partial charge in [0.2, 0.25) is 0 Å². The molecule has 27 heavy (non-hydrogen) atoms. The van der Waals surface area contributed by atoms with Gasteiger partial charge in [0.1, 0.15) is 5.60 Å². The molecule has 2 rings (SSSR count). The lowest BCUT2D eigenvalue weighted by Crippen LogP contribution is -2.50. The summed E-state index contributed by atoms with van der Waals surface area (Å²) < 4.78 is 10.7. The van der Waals surface area contributed by atoms with Crippen LogP contribution in [-0.4, -0.2) is 55.2 Å². The van der Waals surface area contributed by atoms with Crippen molar-refractivity contribution in [2.24, 2.45) is 5.92 Å². The number of aliphatic hydroxyl groups excluding tert-OH is 1. The van der Waals surface area contributed by atoms with Gasteiger partial charge in [0.15, 0.2) is 0 Å². The molecule has 2 atom stereocenters. The number of nitrogens with one attached hydrogen (secondary N) is 2. The van der Waals surface area contributed by atoms with Gasteiger partial charge in [-0.1, -0.05) is 30.3 Å². The van der Waals surface area contributed by atoms with E-state index in [1.54, 1.807) is 0 Å². The SMILES string of the molecule is CC(C)(C)OC(=O)N[C@@H](Cc1ccccc1)[C@H](O)CNCC1CCOCC1. The van der Waals surface area contributed by atoms with Gasteiger partial charge in [-0.3, -0.25) is 0 Å². The van der Waals surface area contributed by atoms with Gasteiger partial charge in [-0.15, -0.1) is 0 Å². The number of hydrogen-bond acceptors (Lipinski definition) is 5. The molecule has 0 saturated carbocycles. The molecular formula is C21H34N2O4. The van der Waals surface area contributed by atoms with Gasteiger partial charge in [0, 0.05) is 19.8 Å². The molecule has 0 unspecified atom stereocenters. The van der Waals surface area contributed by atoms with E-state index in [1.165, 1.54) is 0 Å². The van der Waals surface area contributed by atoms with Gasteiger partial charge in [-0.05, 0) is 58.1 Å². The molecule has 6 nitrogen and oxygen atoms in total. The minimum absolute atomic E-state index is 0.421. The van der Waals surface area contributed by atoms with E-state index in [-0.39, 0.29) is 0 Å². The average molecular weight is 379 g/mol. The molecule has 1 aromatic rings. The first-order valence-corrected chi connectivity index (χ1v) is 9.83.